The highest BCUT2D eigenvalue weighted by molar-refractivity contribution is 8.18. The largest absolute Gasteiger partial charge is 0.348 e. The highest BCUT2D eigenvalue weighted by Gasteiger charge is 2.30. The molecule has 2 amide bonds. The van der Waals surface area contributed by atoms with Gasteiger partial charge in [0.1, 0.15) is 5.69 Å². The van der Waals surface area contributed by atoms with Crippen molar-refractivity contribution in [2.24, 2.45) is 4.99 Å². The number of amidine groups is 1. The Morgan fingerprint density at radius 3 is 2.62 bits per heavy atom. The first kappa shape index (κ1) is 22.9. The molecule has 4 rings (SSSR count). The Morgan fingerprint density at radius 2 is 1.91 bits per heavy atom. The van der Waals surface area contributed by atoms with Crippen LogP contribution in [0.3, 0.4) is 0 Å². The predicted molar refractivity (Wildman–Crippen MR) is 130 cm³/mol. The van der Waals surface area contributed by atoms with Crippen molar-refractivity contribution in [1.82, 2.24) is 15.5 Å². The first-order chi connectivity index (χ1) is 15.4. The van der Waals surface area contributed by atoms with Gasteiger partial charge in [-0.3, -0.25) is 14.5 Å². The van der Waals surface area contributed by atoms with Gasteiger partial charge in [-0.15, -0.1) is 0 Å². The van der Waals surface area contributed by atoms with E-state index in [0.717, 1.165) is 37.8 Å². The van der Waals surface area contributed by atoms with Gasteiger partial charge in [0.15, 0.2) is 5.17 Å². The molecule has 32 heavy (non-hydrogen) atoms. The van der Waals surface area contributed by atoms with Crippen LogP contribution < -0.4 is 10.6 Å². The molecule has 2 aliphatic rings. The SMILES string of the molecule is CC(C(=O)NC1CCN(Cc2ccccc2)C1)=C1SC(=Nc2c(Cl)cccc2Cl)NC1=O. The van der Waals surface area contributed by atoms with Gasteiger partial charge in [-0.05, 0) is 42.8 Å². The molecule has 9 heteroatoms. The number of amides is 2. The number of nitrogens with zero attached hydrogens (tertiary/aromatic N) is 2. The first-order valence-corrected chi connectivity index (χ1v) is 11.8. The summed E-state index contributed by atoms with van der Waals surface area (Å²) in [6, 6.07) is 15.4. The van der Waals surface area contributed by atoms with Gasteiger partial charge < -0.3 is 10.6 Å². The van der Waals surface area contributed by atoms with Crippen LogP contribution in [-0.2, 0) is 16.1 Å². The number of nitrogens with one attached hydrogen (secondary N) is 2. The number of hydrogen-bond acceptors (Lipinski definition) is 5. The van der Waals surface area contributed by atoms with Crippen molar-refractivity contribution in [3.05, 3.63) is 74.6 Å². The Balaban J connectivity index is 1.39. The molecule has 2 fully saturated rings. The van der Waals surface area contributed by atoms with E-state index in [1.807, 2.05) is 18.2 Å². The fourth-order valence-electron chi connectivity index (χ4n) is 3.65. The minimum absolute atomic E-state index is 0.0475. The second kappa shape index (κ2) is 10.1. The summed E-state index contributed by atoms with van der Waals surface area (Å²) >= 11 is 13.4. The third-order valence-corrected chi connectivity index (χ3v) is 7.01. The summed E-state index contributed by atoms with van der Waals surface area (Å²) in [4.78, 5) is 32.3. The lowest BCUT2D eigenvalue weighted by atomic mass is 10.2. The zero-order chi connectivity index (χ0) is 22.7. The molecule has 2 heterocycles. The van der Waals surface area contributed by atoms with Gasteiger partial charge in [-0.1, -0.05) is 59.6 Å². The van der Waals surface area contributed by atoms with E-state index in [2.05, 4.69) is 32.7 Å². The Hall–Kier alpha value is -2.32. The summed E-state index contributed by atoms with van der Waals surface area (Å²) in [7, 11) is 0. The number of likely N-dealkylation sites (tertiary alicyclic amines) is 1. The van der Waals surface area contributed by atoms with Crippen LogP contribution in [0.2, 0.25) is 10.0 Å². The van der Waals surface area contributed by atoms with Gasteiger partial charge in [-0.25, -0.2) is 4.99 Å². The van der Waals surface area contributed by atoms with Gasteiger partial charge in [0.25, 0.3) is 5.91 Å². The van der Waals surface area contributed by atoms with Gasteiger partial charge in [-0.2, -0.15) is 0 Å². The molecule has 2 saturated heterocycles. The topological polar surface area (TPSA) is 73.8 Å². The number of aliphatic imine (C=N–C) groups is 1. The number of benzene rings is 2. The quantitative estimate of drug-likeness (QED) is 0.607. The zero-order valence-corrected chi connectivity index (χ0v) is 19.7. The zero-order valence-electron chi connectivity index (χ0n) is 17.4. The number of rotatable bonds is 5. The summed E-state index contributed by atoms with van der Waals surface area (Å²) in [5.41, 5.74) is 2.00. The summed E-state index contributed by atoms with van der Waals surface area (Å²) in [6.07, 6.45) is 0.873. The molecule has 2 N–H and O–H groups in total. The van der Waals surface area contributed by atoms with Gasteiger partial charge in [0, 0.05) is 31.2 Å². The van der Waals surface area contributed by atoms with Crippen LogP contribution in [0.15, 0.2) is 64.0 Å². The van der Waals surface area contributed by atoms with E-state index in [1.165, 1.54) is 5.56 Å². The molecule has 0 saturated carbocycles. The normalized spacial score (nSPS) is 21.7. The summed E-state index contributed by atoms with van der Waals surface area (Å²) in [6.45, 7) is 4.20. The van der Waals surface area contributed by atoms with E-state index in [1.54, 1.807) is 25.1 Å². The highest BCUT2D eigenvalue weighted by atomic mass is 35.5. The van der Waals surface area contributed by atoms with Crippen molar-refractivity contribution >= 4 is 57.6 Å². The van der Waals surface area contributed by atoms with E-state index in [9.17, 15) is 9.59 Å². The Morgan fingerprint density at radius 1 is 1.19 bits per heavy atom. The lowest BCUT2D eigenvalue weighted by Crippen LogP contribution is -2.37. The summed E-state index contributed by atoms with van der Waals surface area (Å²) in [5, 5.41) is 6.84. The smallest absolute Gasteiger partial charge is 0.264 e. The molecule has 2 aliphatic heterocycles. The second-order valence-electron chi connectivity index (χ2n) is 7.68. The van der Waals surface area contributed by atoms with Crippen molar-refractivity contribution in [3.63, 3.8) is 0 Å². The number of halogens is 2. The van der Waals surface area contributed by atoms with Crippen LogP contribution in [0.25, 0.3) is 0 Å². The molecule has 1 unspecified atom stereocenters. The Kier molecular flexibility index (Phi) is 7.20. The summed E-state index contributed by atoms with van der Waals surface area (Å²) < 4.78 is 0. The lowest BCUT2D eigenvalue weighted by Gasteiger charge is -2.17. The molecule has 0 radical (unpaired) electrons. The van der Waals surface area contributed by atoms with Crippen molar-refractivity contribution in [3.8, 4) is 0 Å². The fraction of sp³-hybridized carbons (Fsp3) is 0.261. The van der Waals surface area contributed by atoms with Crippen molar-refractivity contribution in [2.75, 3.05) is 13.1 Å². The summed E-state index contributed by atoms with van der Waals surface area (Å²) in [5.74, 6) is -0.604. The van der Waals surface area contributed by atoms with Crippen molar-refractivity contribution < 1.29 is 9.59 Å². The van der Waals surface area contributed by atoms with E-state index in [-0.39, 0.29) is 17.9 Å². The van der Waals surface area contributed by atoms with Gasteiger partial charge >= 0.3 is 0 Å². The lowest BCUT2D eigenvalue weighted by molar-refractivity contribution is -0.119. The average molecular weight is 489 g/mol. The number of carbonyl (C=O) groups is 2. The molecule has 166 valence electrons. The van der Waals surface area contributed by atoms with E-state index >= 15 is 0 Å². The van der Waals surface area contributed by atoms with Crippen molar-refractivity contribution in [2.45, 2.75) is 25.9 Å². The Labute approximate surface area is 201 Å². The number of hydrogen-bond donors (Lipinski definition) is 2. The molecule has 0 aromatic heterocycles. The standard InChI is InChI=1S/C23H22Cl2N4O2S/c1-14(20-22(31)28-23(32-20)27-19-17(24)8-5-9-18(19)25)21(30)26-16-10-11-29(13-16)12-15-6-3-2-4-7-15/h2-9,16H,10-13H2,1H3,(H,26,30)(H,27,28,31). The molecular weight excluding hydrogens is 467 g/mol. The molecule has 2 aromatic carbocycles. The maximum Gasteiger partial charge on any atom is 0.264 e. The van der Waals surface area contributed by atoms with Crippen LogP contribution in [0.4, 0.5) is 5.69 Å². The van der Waals surface area contributed by atoms with Gasteiger partial charge in [0.05, 0.1) is 15.0 Å². The molecule has 0 aliphatic carbocycles. The molecule has 1 atom stereocenters. The highest BCUT2D eigenvalue weighted by Crippen LogP contribution is 2.36. The van der Waals surface area contributed by atoms with E-state index in [0.29, 0.717) is 31.4 Å². The van der Waals surface area contributed by atoms with Crippen LogP contribution in [0, 0.1) is 0 Å². The molecule has 0 bridgehead atoms. The number of para-hydroxylation sites is 1. The monoisotopic (exact) mass is 488 g/mol. The van der Waals surface area contributed by atoms with E-state index < -0.39 is 0 Å². The van der Waals surface area contributed by atoms with Crippen LogP contribution >= 0.6 is 35.0 Å². The molecule has 0 spiro atoms. The molecule has 2 aromatic rings. The third kappa shape index (κ3) is 5.35. The third-order valence-electron chi connectivity index (χ3n) is 5.31. The average Bonchev–Trinajstić information content (AvgIpc) is 3.36. The Bertz CT molecular complexity index is 1080. The van der Waals surface area contributed by atoms with E-state index in [4.69, 9.17) is 23.2 Å². The molecule has 6 nitrogen and oxygen atoms in total. The predicted octanol–water partition coefficient (Wildman–Crippen LogP) is 4.51. The first-order valence-electron chi connectivity index (χ1n) is 10.2. The second-order valence-corrected chi connectivity index (χ2v) is 9.49. The van der Waals surface area contributed by atoms with Crippen LogP contribution in [-0.4, -0.2) is 41.0 Å². The maximum atomic E-state index is 12.8. The van der Waals surface area contributed by atoms with Gasteiger partial charge in [0.2, 0.25) is 5.91 Å². The van der Waals surface area contributed by atoms with Crippen LogP contribution in [0.5, 0.6) is 0 Å². The van der Waals surface area contributed by atoms with Crippen molar-refractivity contribution in [1.29, 1.82) is 0 Å². The maximum absolute atomic E-state index is 12.8. The minimum Gasteiger partial charge on any atom is -0.348 e. The number of carbonyl (C=O) groups excluding carboxylic acids is 2. The minimum atomic E-state index is -0.360. The number of thioether (sulfide) groups is 1. The van der Waals surface area contributed by atoms with Crippen LogP contribution in [0.1, 0.15) is 18.9 Å². The molecular formula is C23H22Cl2N4O2S. The fourth-order valence-corrected chi connectivity index (χ4v) is 5.00.